The van der Waals surface area contributed by atoms with Crippen LogP contribution in [0.5, 0.6) is 0 Å². The zero-order chi connectivity index (χ0) is 28.9. The zero-order valence-electron chi connectivity index (χ0n) is 20.9. The summed E-state index contributed by atoms with van der Waals surface area (Å²) in [5.74, 6) is -3.23. The van der Waals surface area contributed by atoms with Crippen molar-refractivity contribution >= 4 is 52.2 Å². The topological polar surface area (TPSA) is 101 Å². The summed E-state index contributed by atoms with van der Waals surface area (Å²) in [7, 11) is 0. The third kappa shape index (κ3) is 4.74. The number of pyridine rings is 1. The van der Waals surface area contributed by atoms with E-state index in [1.54, 1.807) is 54.9 Å². The van der Waals surface area contributed by atoms with Crippen molar-refractivity contribution in [1.82, 2.24) is 9.55 Å². The molecule has 2 aromatic carbocycles. The van der Waals surface area contributed by atoms with Gasteiger partial charge in [-0.25, -0.2) is 4.90 Å². The highest BCUT2D eigenvalue weighted by atomic mass is 32.2. The molecule has 2 aliphatic heterocycles. The van der Waals surface area contributed by atoms with Gasteiger partial charge in [-0.05, 0) is 35.9 Å². The second kappa shape index (κ2) is 10.3. The molecule has 0 spiro atoms. The number of imide groups is 1. The molecule has 0 radical (unpaired) electrons. The molecule has 13 heteroatoms. The van der Waals surface area contributed by atoms with Gasteiger partial charge in [0.1, 0.15) is 11.8 Å². The number of aromatic nitrogens is 2. The van der Waals surface area contributed by atoms with Crippen LogP contribution >= 0.6 is 23.1 Å². The van der Waals surface area contributed by atoms with E-state index in [9.17, 15) is 32.3 Å². The van der Waals surface area contributed by atoms with Gasteiger partial charge >= 0.3 is 11.0 Å². The van der Waals surface area contributed by atoms with Crippen molar-refractivity contribution in [3.05, 3.63) is 105 Å². The molecule has 3 atom stereocenters. The van der Waals surface area contributed by atoms with Gasteiger partial charge in [0.2, 0.25) is 17.7 Å². The minimum absolute atomic E-state index is 0.324. The Labute approximate surface area is 238 Å². The number of carbonyl (C=O) groups is 3. The Morgan fingerprint density at radius 3 is 2.39 bits per heavy atom. The Hall–Kier alpha value is -4.23. The van der Waals surface area contributed by atoms with Crippen LogP contribution < -0.4 is 15.1 Å². The summed E-state index contributed by atoms with van der Waals surface area (Å²) in [5, 5.41) is 1.69. The first-order chi connectivity index (χ1) is 19.6. The van der Waals surface area contributed by atoms with Crippen molar-refractivity contribution in [3.8, 4) is 0 Å². The zero-order valence-corrected chi connectivity index (χ0v) is 22.5. The summed E-state index contributed by atoms with van der Waals surface area (Å²) in [6.07, 6.45) is -1.56. The molecule has 1 fully saturated rings. The number of fused-ring (bicyclic) bond motifs is 2. The van der Waals surface area contributed by atoms with Gasteiger partial charge in [-0.2, -0.15) is 13.2 Å². The van der Waals surface area contributed by atoms with E-state index in [0.29, 0.717) is 21.2 Å². The molecule has 0 bridgehead atoms. The van der Waals surface area contributed by atoms with Gasteiger partial charge in [0.05, 0.1) is 27.9 Å². The van der Waals surface area contributed by atoms with E-state index in [2.05, 4.69) is 10.3 Å². The highest BCUT2D eigenvalue weighted by molar-refractivity contribution is 8.00. The number of benzene rings is 2. The average molecular weight is 597 g/mol. The summed E-state index contributed by atoms with van der Waals surface area (Å²) in [5.41, 5.74) is -0.404. The Bertz CT molecular complexity index is 1720. The fraction of sp³-hybridized carbons (Fsp3) is 0.179. The molecule has 4 aromatic rings. The van der Waals surface area contributed by atoms with Crippen molar-refractivity contribution in [2.24, 2.45) is 5.92 Å². The van der Waals surface area contributed by atoms with Gasteiger partial charge in [-0.15, -0.1) is 0 Å². The molecule has 1 N–H and O–H groups in total. The van der Waals surface area contributed by atoms with Crippen LogP contribution in [-0.2, 0) is 27.1 Å². The number of nitrogens with one attached hydrogen (secondary N) is 1. The van der Waals surface area contributed by atoms with E-state index in [-0.39, 0.29) is 0 Å². The number of thiazole rings is 1. The minimum atomic E-state index is -4.69. The fourth-order valence-corrected chi connectivity index (χ4v) is 7.95. The van der Waals surface area contributed by atoms with Crippen molar-refractivity contribution < 1.29 is 27.6 Å². The third-order valence-corrected chi connectivity index (χ3v) is 9.52. The van der Waals surface area contributed by atoms with E-state index < -0.39 is 63.7 Å². The summed E-state index contributed by atoms with van der Waals surface area (Å²) in [6, 6.07) is 16.5. The molecule has 3 amide bonds. The number of thioether (sulfide) groups is 1. The number of para-hydroxylation sites is 2. The molecule has 4 heterocycles. The molecular weight excluding hydrogens is 577 g/mol. The van der Waals surface area contributed by atoms with Crippen LogP contribution in [-0.4, -0.2) is 32.5 Å². The van der Waals surface area contributed by atoms with Gasteiger partial charge < -0.3 is 5.32 Å². The average Bonchev–Trinajstić information content (AvgIpc) is 3.39. The molecule has 8 nitrogen and oxygen atoms in total. The van der Waals surface area contributed by atoms with Crippen LogP contribution in [0.3, 0.4) is 0 Å². The SMILES string of the molecule is O=C(Cn1c2c(sc1=O)[C@H](c1cccnc1)C1C(=O)N(c3ccccc3)C(=O)C1S2)Nc1ccccc1C(F)(F)F. The lowest BCUT2D eigenvalue weighted by Gasteiger charge is -2.30. The molecule has 2 unspecified atom stereocenters. The monoisotopic (exact) mass is 596 g/mol. The standard InChI is InChI=1S/C28H19F3N4O4S2/c29-28(30,31)17-10-4-5-11-18(17)33-19(36)14-34-26-23(41-27(34)39)20(15-7-6-12-32-13-15)21-22(40-26)25(38)35(24(21)37)16-8-2-1-3-9-16/h1-13,20-22H,14H2,(H,33,36)/t20-,21?,22?/m1/s1. The first-order valence-electron chi connectivity index (χ1n) is 12.3. The van der Waals surface area contributed by atoms with Crippen LogP contribution in [0.4, 0.5) is 24.5 Å². The quantitative estimate of drug-likeness (QED) is 0.334. The number of nitrogens with zero attached hydrogens (tertiary/aromatic N) is 3. The number of alkyl halides is 3. The molecule has 6 rings (SSSR count). The van der Waals surface area contributed by atoms with Gasteiger partial charge in [0.15, 0.2) is 0 Å². The Kier molecular flexibility index (Phi) is 6.78. The number of hydrogen-bond donors (Lipinski definition) is 1. The number of rotatable bonds is 5. The summed E-state index contributed by atoms with van der Waals surface area (Å²) < 4.78 is 41.5. The van der Waals surface area contributed by atoms with Crippen LogP contribution in [0, 0.1) is 5.92 Å². The van der Waals surface area contributed by atoms with Gasteiger partial charge in [-0.1, -0.05) is 59.5 Å². The van der Waals surface area contributed by atoms with E-state index >= 15 is 0 Å². The number of hydrogen-bond acceptors (Lipinski definition) is 7. The Morgan fingerprint density at radius 2 is 1.68 bits per heavy atom. The molecule has 0 saturated carbocycles. The molecule has 2 aliphatic rings. The lowest BCUT2D eigenvalue weighted by molar-refractivity contribution is -0.137. The maximum Gasteiger partial charge on any atom is 0.418 e. The number of amides is 3. The Balaban J connectivity index is 1.39. The lowest BCUT2D eigenvalue weighted by atomic mass is 9.84. The molecule has 2 aromatic heterocycles. The maximum absolute atomic E-state index is 13.8. The summed E-state index contributed by atoms with van der Waals surface area (Å²) in [6.45, 7) is -0.578. The fourth-order valence-electron chi connectivity index (χ4n) is 5.18. The first kappa shape index (κ1) is 27.0. The molecule has 41 heavy (non-hydrogen) atoms. The summed E-state index contributed by atoms with van der Waals surface area (Å²) >= 11 is 1.86. The summed E-state index contributed by atoms with van der Waals surface area (Å²) in [4.78, 5) is 58.8. The largest absolute Gasteiger partial charge is 0.418 e. The van der Waals surface area contributed by atoms with E-state index in [1.807, 2.05) is 0 Å². The number of carbonyl (C=O) groups excluding carboxylic acids is 3. The number of halogens is 3. The van der Waals surface area contributed by atoms with Gasteiger partial charge in [-0.3, -0.25) is 28.7 Å². The smallest absolute Gasteiger partial charge is 0.324 e. The van der Waals surface area contributed by atoms with Crippen molar-refractivity contribution in [2.45, 2.75) is 28.9 Å². The van der Waals surface area contributed by atoms with Crippen molar-refractivity contribution in [3.63, 3.8) is 0 Å². The normalized spacial score (nSPS) is 20.1. The first-order valence-corrected chi connectivity index (χ1v) is 14.0. The predicted octanol–water partition coefficient (Wildman–Crippen LogP) is 4.76. The molecule has 0 aliphatic carbocycles. The van der Waals surface area contributed by atoms with E-state index in [1.165, 1.54) is 12.1 Å². The van der Waals surface area contributed by atoms with Crippen LogP contribution in [0.2, 0.25) is 0 Å². The van der Waals surface area contributed by atoms with E-state index in [0.717, 1.165) is 44.7 Å². The third-order valence-electron chi connectivity index (χ3n) is 6.92. The number of anilines is 2. The highest BCUT2D eigenvalue weighted by Gasteiger charge is 2.56. The second-order valence-electron chi connectivity index (χ2n) is 9.39. The van der Waals surface area contributed by atoms with Crippen LogP contribution in [0.15, 0.2) is 88.9 Å². The van der Waals surface area contributed by atoms with Crippen molar-refractivity contribution in [1.29, 1.82) is 0 Å². The molecule has 208 valence electrons. The van der Waals surface area contributed by atoms with Crippen molar-refractivity contribution in [2.75, 3.05) is 10.2 Å². The minimum Gasteiger partial charge on any atom is -0.324 e. The predicted molar refractivity (Wildman–Crippen MR) is 147 cm³/mol. The molecular formula is C28H19F3N4O4S2. The maximum atomic E-state index is 13.8. The van der Waals surface area contributed by atoms with Gasteiger partial charge in [0, 0.05) is 23.2 Å². The van der Waals surface area contributed by atoms with Crippen LogP contribution in [0.1, 0.15) is 21.9 Å². The van der Waals surface area contributed by atoms with E-state index in [4.69, 9.17) is 0 Å². The van der Waals surface area contributed by atoms with Gasteiger partial charge in [0.25, 0.3) is 0 Å². The lowest BCUT2D eigenvalue weighted by Crippen LogP contribution is -2.33. The second-order valence-corrected chi connectivity index (χ2v) is 11.5. The Morgan fingerprint density at radius 1 is 0.951 bits per heavy atom. The van der Waals surface area contributed by atoms with Crippen LogP contribution in [0.25, 0.3) is 0 Å². The molecule has 1 saturated heterocycles. The highest BCUT2D eigenvalue weighted by Crippen LogP contribution is 2.53.